The van der Waals surface area contributed by atoms with E-state index in [0.29, 0.717) is 17.9 Å². The first-order valence-electron chi connectivity index (χ1n) is 9.26. The summed E-state index contributed by atoms with van der Waals surface area (Å²) in [5.74, 6) is 0.230. The minimum atomic E-state index is -0.852. The minimum absolute atomic E-state index is 0.0981. The van der Waals surface area contributed by atoms with Crippen LogP contribution >= 0.6 is 15.9 Å². The van der Waals surface area contributed by atoms with E-state index < -0.39 is 17.6 Å². The number of aliphatic hydroxyl groups is 1. The third-order valence-electron chi connectivity index (χ3n) is 5.29. The van der Waals surface area contributed by atoms with Gasteiger partial charge in [0.2, 0.25) is 0 Å². The van der Waals surface area contributed by atoms with Gasteiger partial charge in [0.05, 0.1) is 6.54 Å². The lowest BCUT2D eigenvalue weighted by Gasteiger charge is -2.42. The van der Waals surface area contributed by atoms with Gasteiger partial charge in [-0.15, -0.1) is 0 Å². The molecule has 1 aromatic heterocycles. The van der Waals surface area contributed by atoms with Gasteiger partial charge in [-0.1, -0.05) is 52.3 Å². The molecule has 4 nitrogen and oxygen atoms in total. The molecule has 3 aromatic rings. The summed E-state index contributed by atoms with van der Waals surface area (Å²) < 4.78 is 8.60. The van der Waals surface area contributed by atoms with E-state index in [1.165, 1.54) is 0 Å². The molecule has 1 N–H and O–H groups in total. The Bertz CT molecular complexity index is 1060. The molecular weight excluding hydrogens is 418 g/mol. The second kappa shape index (κ2) is 7.22. The summed E-state index contributed by atoms with van der Waals surface area (Å²) in [7, 11) is 0. The molecule has 2 aromatic carbocycles. The SMILES string of the molecule is CC1(C)Oc2ccc(Br)cc2C(c2cccn(Cc3ccccc3)c2=O)C1O. The van der Waals surface area contributed by atoms with E-state index in [-0.39, 0.29) is 5.56 Å². The van der Waals surface area contributed by atoms with Crippen molar-refractivity contribution < 1.29 is 9.84 Å². The van der Waals surface area contributed by atoms with Gasteiger partial charge >= 0.3 is 0 Å². The van der Waals surface area contributed by atoms with Crippen molar-refractivity contribution in [1.29, 1.82) is 0 Å². The molecule has 2 unspecified atom stereocenters. The monoisotopic (exact) mass is 439 g/mol. The first-order chi connectivity index (χ1) is 13.4. The van der Waals surface area contributed by atoms with Crippen LogP contribution in [0.1, 0.15) is 36.5 Å². The summed E-state index contributed by atoms with van der Waals surface area (Å²) in [5.41, 5.74) is 1.53. The molecule has 0 saturated carbocycles. The highest BCUT2D eigenvalue weighted by atomic mass is 79.9. The maximum Gasteiger partial charge on any atom is 0.254 e. The lowest BCUT2D eigenvalue weighted by atomic mass is 9.78. The van der Waals surface area contributed by atoms with Crippen molar-refractivity contribution in [3.05, 3.63) is 98.4 Å². The molecule has 2 atom stereocenters. The molecule has 0 fully saturated rings. The first-order valence-corrected chi connectivity index (χ1v) is 10.1. The Balaban J connectivity index is 1.83. The fourth-order valence-corrected chi connectivity index (χ4v) is 4.18. The van der Waals surface area contributed by atoms with Gasteiger partial charge in [0.25, 0.3) is 5.56 Å². The molecule has 0 saturated heterocycles. The summed E-state index contributed by atoms with van der Waals surface area (Å²) in [4.78, 5) is 13.3. The van der Waals surface area contributed by atoms with Crippen LogP contribution in [0.15, 0.2) is 76.1 Å². The topological polar surface area (TPSA) is 51.5 Å². The average molecular weight is 440 g/mol. The number of aliphatic hydroxyl groups excluding tert-OH is 1. The van der Waals surface area contributed by atoms with Gasteiger partial charge in [-0.25, -0.2) is 0 Å². The maximum atomic E-state index is 13.3. The van der Waals surface area contributed by atoms with Crippen LogP contribution in [0.2, 0.25) is 0 Å². The molecule has 28 heavy (non-hydrogen) atoms. The van der Waals surface area contributed by atoms with Crippen molar-refractivity contribution in [2.24, 2.45) is 0 Å². The summed E-state index contributed by atoms with van der Waals surface area (Å²) in [6.07, 6.45) is 0.937. The first kappa shape index (κ1) is 19.0. The lowest BCUT2D eigenvalue weighted by molar-refractivity contribution is -0.0514. The predicted octanol–water partition coefficient (Wildman–Crippen LogP) is 4.32. The smallest absolute Gasteiger partial charge is 0.254 e. The highest BCUT2D eigenvalue weighted by Crippen LogP contribution is 2.44. The molecule has 0 amide bonds. The largest absolute Gasteiger partial charge is 0.485 e. The quantitative estimate of drug-likeness (QED) is 0.660. The zero-order chi connectivity index (χ0) is 19.9. The van der Waals surface area contributed by atoms with Crippen molar-refractivity contribution in [1.82, 2.24) is 4.57 Å². The van der Waals surface area contributed by atoms with Gasteiger partial charge in [-0.3, -0.25) is 4.79 Å². The average Bonchev–Trinajstić information content (AvgIpc) is 2.66. The van der Waals surface area contributed by atoms with E-state index in [1.807, 2.05) is 74.5 Å². The van der Waals surface area contributed by atoms with Crippen LogP contribution in [0.4, 0.5) is 0 Å². The Kier molecular flexibility index (Phi) is 4.89. The molecule has 0 aliphatic carbocycles. The molecule has 0 spiro atoms. The van der Waals surface area contributed by atoms with Crippen LogP contribution in [-0.2, 0) is 6.54 Å². The van der Waals surface area contributed by atoms with Crippen molar-refractivity contribution >= 4 is 15.9 Å². The van der Waals surface area contributed by atoms with Gasteiger partial charge in [0.1, 0.15) is 17.5 Å². The molecule has 1 aliphatic rings. The molecule has 2 heterocycles. The van der Waals surface area contributed by atoms with E-state index in [1.54, 1.807) is 10.8 Å². The Hall–Kier alpha value is -2.37. The Morgan fingerprint density at radius 1 is 1.07 bits per heavy atom. The van der Waals surface area contributed by atoms with Crippen LogP contribution in [0.5, 0.6) is 5.75 Å². The van der Waals surface area contributed by atoms with Gasteiger partial charge in [0.15, 0.2) is 0 Å². The lowest BCUT2D eigenvalue weighted by Crippen LogP contribution is -2.50. The third-order valence-corrected chi connectivity index (χ3v) is 5.78. The van der Waals surface area contributed by atoms with Gasteiger partial charge in [-0.2, -0.15) is 0 Å². The van der Waals surface area contributed by atoms with Crippen LogP contribution < -0.4 is 10.3 Å². The second-order valence-electron chi connectivity index (χ2n) is 7.69. The second-order valence-corrected chi connectivity index (χ2v) is 8.61. The zero-order valence-electron chi connectivity index (χ0n) is 15.8. The van der Waals surface area contributed by atoms with Crippen LogP contribution in [0.25, 0.3) is 0 Å². The van der Waals surface area contributed by atoms with Crippen LogP contribution in [0.3, 0.4) is 0 Å². The molecule has 1 aliphatic heterocycles. The molecule has 144 valence electrons. The fraction of sp³-hybridized carbons (Fsp3) is 0.261. The summed E-state index contributed by atoms with van der Waals surface area (Å²) >= 11 is 3.50. The van der Waals surface area contributed by atoms with Gasteiger partial charge in [-0.05, 0) is 43.7 Å². The van der Waals surface area contributed by atoms with Gasteiger partial charge < -0.3 is 14.4 Å². The fourth-order valence-electron chi connectivity index (χ4n) is 3.80. The number of rotatable bonds is 3. The van der Waals surface area contributed by atoms with Crippen LogP contribution in [0, 0.1) is 0 Å². The minimum Gasteiger partial charge on any atom is -0.485 e. The van der Waals surface area contributed by atoms with Crippen molar-refractivity contribution in [2.75, 3.05) is 0 Å². The summed E-state index contributed by atoms with van der Waals surface area (Å²) in [5, 5.41) is 11.1. The number of nitrogens with zero attached hydrogens (tertiary/aromatic N) is 1. The molecule has 0 radical (unpaired) electrons. The highest BCUT2D eigenvalue weighted by molar-refractivity contribution is 9.10. The van der Waals surface area contributed by atoms with E-state index in [9.17, 15) is 9.90 Å². The summed E-state index contributed by atoms with van der Waals surface area (Å²) in [6.45, 7) is 4.18. The number of pyridine rings is 1. The molecule has 5 heteroatoms. The number of fused-ring (bicyclic) bond motifs is 1. The third kappa shape index (κ3) is 3.40. The number of ether oxygens (including phenoxy) is 1. The Morgan fingerprint density at radius 3 is 2.57 bits per heavy atom. The standard InChI is InChI=1S/C23H22BrNO3/c1-23(2)21(26)20(18-13-16(24)10-11-19(18)28-23)17-9-6-12-25(22(17)27)14-15-7-4-3-5-8-15/h3-13,20-21,26H,14H2,1-2H3. The van der Waals surface area contributed by atoms with E-state index in [4.69, 9.17) is 4.74 Å². The van der Waals surface area contributed by atoms with Crippen molar-refractivity contribution in [3.8, 4) is 5.75 Å². The summed E-state index contributed by atoms with van der Waals surface area (Å²) in [6, 6.07) is 19.3. The molecule has 0 bridgehead atoms. The number of halogens is 1. The highest BCUT2D eigenvalue weighted by Gasteiger charge is 2.44. The van der Waals surface area contributed by atoms with E-state index in [0.717, 1.165) is 15.6 Å². The Labute approximate surface area is 172 Å². The number of hydrogen-bond donors (Lipinski definition) is 1. The molecule has 4 rings (SSSR count). The van der Waals surface area contributed by atoms with Crippen molar-refractivity contribution in [3.63, 3.8) is 0 Å². The van der Waals surface area contributed by atoms with E-state index >= 15 is 0 Å². The number of benzene rings is 2. The maximum absolute atomic E-state index is 13.3. The number of aromatic nitrogens is 1. The zero-order valence-corrected chi connectivity index (χ0v) is 17.4. The predicted molar refractivity (Wildman–Crippen MR) is 113 cm³/mol. The normalized spacial score (nSPS) is 20.3. The van der Waals surface area contributed by atoms with Crippen molar-refractivity contribution in [2.45, 2.75) is 38.0 Å². The van der Waals surface area contributed by atoms with Gasteiger partial charge in [0, 0.05) is 27.7 Å². The van der Waals surface area contributed by atoms with Crippen LogP contribution in [-0.4, -0.2) is 21.4 Å². The number of hydrogen-bond acceptors (Lipinski definition) is 3. The molecular formula is C23H22BrNO3. The van der Waals surface area contributed by atoms with E-state index in [2.05, 4.69) is 15.9 Å². The Morgan fingerprint density at radius 2 is 1.82 bits per heavy atom.